The van der Waals surface area contributed by atoms with Gasteiger partial charge in [0.1, 0.15) is 17.7 Å². The summed E-state index contributed by atoms with van der Waals surface area (Å²) in [5, 5.41) is 5.85. The number of amides is 2. The molecule has 6 nitrogen and oxygen atoms in total. The largest absolute Gasteiger partial charge is 0.497 e. The number of halogens is 1. The molecule has 0 aliphatic carbocycles. The maximum absolute atomic E-state index is 12.7. The molecule has 0 aliphatic rings. The fourth-order valence-corrected chi connectivity index (χ4v) is 3.40. The van der Waals surface area contributed by atoms with E-state index in [9.17, 15) is 9.59 Å². The van der Waals surface area contributed by atoms with E-state index in [-0.39, 0.29) is 24.7 Å². The standard InChI is InChI=1S/C25H25BrN2O4/c1-31-21-11-3-17(4-12-21)15-23(29)27-25(19-7-9-20(26)10-8-19)28-24(30)16-18-5-13-22(32-2)14-6-18/h3-14,25H,15-16H2,1-2H3,(H,27,29)(H,28,30). The Morgan fingerprint density at radius 1 is 0.719 bits per heavy atom. The molecule has 0 unspecified atom stereocenters. The zero-order chi connectivity index (χ0) is 22.9. The van der Waals surface area contributed by atoms with E-state index in [0.717, 1.165) is 32.7 Å². The molecule has 2 N–H and O–H groups in total. The lowest BCUT2D eigenvalue weighted by Gasteiger charge is -2.21. The maximum Gasteiger partial charge on any atom is 0.226 e. The Bertz CT molecular complexity index is 972. The number of ether oxygens (including phenoxy) is 2. The molecule has 0 radical (unpaired) electrons. The number of carbonyl (C=O) groups excluding carboxylic acids is 2. The van der Waals surface area contributed by atoms with Gasteiger partial charge in [-0.15, -0.1) is 0 Å². The van der Waals surface area contributed by atoms with Crippen molar-refractivity contribution in [2.45, 2.75) is 19.0 Å². The summed E-state index contributed by atoms with van der Waals surface area (Å²) in [5.74, 6) is 1.06. The summed E-state index contributed by atoms with van der Waals surface area (Å²) in [6.07, 6.45) is -0.281. The van der Waals surface area contributed by atoms with E-state index >= 15 is 0 Å². The molecule has 0 bridgehead atoms. The van der Waals surface area contributed by atoms with Crippen LogP contribution >= 0.6 is 15.9 Å². The van der Waals surface area contributed by atoms with Crippen LogP contribution in [0.25, 0.3) is 0 Å². The lowest BCUT2D eigenvalue weighted by Crippen LogP contribution is -2.42. The molecule has 0 fully saturated rings. The highest BCUT2D eigenvalue weighted by molar-refractivity contribution is 9.10. The summed E-state index contributed by atoms with van der Waals surface area (Å²) >= 11 is 3.41. The molecular formula is C25H25BrN2O4. The number of benzene rings is 3. The van der Waals surface area contributed by atoms with Gasteiger partial charge in [0.05, 0.1) is 27.1 Å². The Kier molecular flexibility index (Phi) is 8.27. The van der Waals surface area contributed by atoms with Gasteiger partial charge in [-0.1, -0.05) is 52.3 Å². The number of hydrogen-bond acceptors (Lipinski definition) is 4. The van der Waals surface area contributed by atoms with E-state index in [1.807, 2.05) is 72.8 Å². The van der Waals surface area contributed by atoms with Crippen LogP contribution in [-0.2, 0) is 22.4 Å². The molecule has 0 spiro atoms. The van der Waals surface area contributed by atoms with Crippen LogP contribution in [0.4, 0.5) is 0 Å². The molecule has 0 atom stereocenters. The first kappa shape index (κ1) is 23.3. The molecule has 3 rings (SSSR count). The molecular weight excluding hydrogens is 472 g/mol. The molecule has 0 saturated carbocycles. The van der Waals surface area contributed by atoms with E-state index in [0.29, 0.717) is 0 Å². The predicted octanol–water partition coefficient (Wildman–Crippen LogP) is 4.18. The zero-order valence-electron chi connectivity index (χ0n) is 17.9. The molecule has 3 aromatic rings. The molecule has 0 aliphatic heterocycles. The zero-order valence-corrected chi connectivity index (χ0v) is 19.5. The Morgan fingerprint density at radius 2 is 1.12 bits per heavy atom. The average molecular weight is 497 g/mol. The van der Waals surface area contributed by atoms with Gasteiger partial charge < -0.3 is 20.1 Å². The van der Waals surface area contributed by atoms with Gasteiger partial charge in [-0.3, -0.25) is 9.59 Å². The van der Waals surface area contributed by atoms with Crippen LogP contribution in [0.2, 0.25) is 0 Å². The van der Waals surface area contributed by atoms with Crippen LogP contribution in [0.15, 0.2) is 77.3 Å². The number of methoxy groups -OCH3 is 2. The highest BCUT2D eigenvalue weighted by Crippen LogP contribution is 2.17. The van der Waals surface area contributed by atoms with Crippen molar-refractivity contribution in [3.05, 3.63) is 94.0 Å². The maximum atomic E-state index is 12.7. The monoisotopic (exact) mass is 496 g/mol. The minimum absolute atomic E-state index is 0.186. The molecule has 2 amide bonds. The highest BCUT2D eigenvalue weighted by Gasteiger charge is 2.18. The predicted molar refractivity (Wildman–Crippen MR) is 127 cm³/mol. The van der Waals surface area contributed by atoms with Crippen LogP contribution in [0.3, 0.4) is 0 Å². The van der Waals surface area contributed by atoms with Gasteiger partial charge in [-0.05, 0) is 53.1 Å². The molecule has 0 heterocycles. The molecule has 0 saturated heterocycles. The van der Waals surface area contributed by atoms with E-state index in [4.69, 9.17) is 9.47 Å². The topological polar surface area (TPSA) is 76.7 Å². The molecule has 166 valence electrons. The minimum atomic E-state index is -0.653. The van der Waals surface area contributed by atoms with Crippen LogP contribution in [0, 0.1) is 0 Å². The first-order valence-corrected chi connectivity index (χ1v) is 10.9. The smallest absolute Gasteiger partial charge is 0.226 e. The third kappa shape index (κ3) is 6.85. The Balaban J connectivity index is 1.68. The van der Waals surface area contributed by atoms with Crippen molar-refractivity contribution < 1.29 is 19.1 Å². The third-order valence-electron chi connectivity index (χ3n) is 4.86. The highest BCUT2D eigenvalue weighted by atomic mass is 79.9. The Labute approximate surface area is 196 Å². The number of carbonyl (C=O) groups is 2. The van der Waals surface area contributed by atoms with E-state index in [2.05, 4.69) is 26.6 Å². The van der Waals surface area contributed by atoms with Gasteiger partial charge in [0.15, 0.2) is 0 Å². The van der Waals surface area contributed by atoms with E-state index < -0.39 is 6.17 Å². The summed E-state index contributed by atoms with van der Waals surface area (Å²) < 4.78 is 11.2. The van der Waals surface area contributed by atoms with Crippen molar-refractivity contribution in [3.8, 4) is 11.5 Å². The SMILES string of the molecule is COc1ccc(CC(=O)NC(NC(=O)Cc2ccc(OC)cc2)c2ccc(Br)cc2)cc1. The van der Waals surface area contributed by atoms with Gasteiger partial charge in [0.2, 0.25) is 11.8 Å². The minimum Gasteiger partial charge on any atom is -0.497 e. The second-order valence-corrected chi connectivity index (χ2v) is 8.08. The van der Waals surface area contributed by atoms with Gasteiger partial charge >= 0.3 is 0 Å². The van der Waals surface area contributed by atoms with Gasteiger partial charge in [-0.25, -0.2) is 0 Å². The summed E-state index contributed by atoms with van der Waals surface area (Å²) in [6, 6.07) is 22.1. The number of rotatable bonds is 9. The lowest BCUT2D eigenvalue weighted by atomic mass is 10.1. The van der Waals surface area contributed by atoms with Crippen molar-refractivity contribution in [1.29, 1.82) is 0 Å². The van der Waals surface area contributed by atoms with Crippen molar-refractivity contribution >= 4 is 27.7 Å². The van der Waals surface area contributed by atoms with Crippen molar-refractivity contribution in [3.63, 3.8) is 0 Å². The Hall–Kier alpha value is -3.32. The molecule has 0 aromatic heterocycles. The fourth-order valence-electron chi connectivity index (χ4n) is 3.14. The number of hydrogen-bond donors (Lipinski definition) is 2. The first-order chi connectivity index (χ1) is 15.5. The fraction of sp³-hybridized carbons (Fsp3) is 0.200. The normalized spacial score (nSPS) is 10.5. The second kappa shape index (κ2) is 11.3. The molecule has 32 heavy (non-hydrogen) atoms. The van der Waals surface area contributed by atoms with Crippen molar-refractivity contribution in [2.24, 2.45) is 0 Å². The van der Waals surface area contributed by atoms with Gasteiger partial charge in [0.25, 0.3) is 0 Å². The second-order valence-electron chi connectivity index (χ2n) is 7.17. The van der Waals surface area contributed by atoms with Crippen LogP contribution in [-0.4, -0.2) is 26.0 Å². The van der Waals surface area contributed by atoms with Crippen molar-refractivity contribution in [2.75, 3.05) is 14.2 Å². The lowest BCUT2D eigenvalue weighted by molar-refractivity contribution is -0.123. The van der Waals surface area contributed by atoms with Crippen molar-refractivity contribution in [1.82, 2.24) is 10.6 Å². The summed E-state index contributed by atoms with van der Waals surface area (Å²) in [4.78, 5) is 25.4. The average Bonchev–Trinajstić information content (AvgIpc) is 2.80. The quantitative estimate of drug-likeness (QED) is 0.435. The third-order valence-corrected chi connectivity index (χ3v) is 5.39. The summed E-state index contributed by atoms with van der Waals surface area (Å²) in [7, 11) is 3.19. The molecule has 7 heteroatoms. The Morgan fingerprint density at radius 3 is 1.50 bits per heavy atom. The number of nitrogens with one attached hydrogen (secondary N) is 2. The van der Waals surface area contributed by atoms with Crippen LogP contribution in [0.5, 0.6) is 11.5 Å². The summed E-state index contributed by atoms with van der Waals surface area (Å²) in [6.45, 7) is 0. The van der Waals surface area contributed by atoms with Gasteiger partial charge in [0, 0.05) is 4.47 Å². The van der Waals surface area contributed by atoms with E-state index in [1.165, 1.54) is 0 Å². The van der Waals surface area contributed by atoms with E-state index in [1.54, 1.807) is 14.2 Å². The van der Waals surface area contributed by atoms with Gasteiger partial charge in [-0.2, -0.15) is 0 Å². The van der Waals surface area contributed by atoms with Crippen LogP contribution < -0.4 is 20.1 Å². The molecule has 3 aromatic carbocycles. The summed E-state index contributed by atoms with van der Waals surface area (Å²) in [5.41, 5.74) is 2.48. The first-order valence-electron chi connectivity index (χ1n) is 10.1. The van der Waals surface area contributed by atoms with Crippen LogP contribution in [0.1, 0.15) is 22.9 Å².